The van der Waals surface area contributed by atoms with Gasteiger partial charge in [-0.25, -0.2) is 4.98 Å². The lowest BCUT2D eigenvalue weighted by Crippen LogP contribution is -2.46. The molecule has 2 amide bonds. The number of likely N-dealkylation sites (tertiary alicyclic amines) is 1. The van der Waals surface area contributed by atoms with Gasteiger partial charge in [-0.05, 0) is 82.2 Å². The number of nitrogens with one attached hydrogen (secondary N) is 3. The van der Waals surface area contributed by atoms with Gasteiger partial charge in [0.15, 0.2) is 0 Å². The van der Waals surface area contributed by atoms with Crippen molar-refractivity contribution in [3.05, 3.63) is 74.2 Å². The second kappa shape index (κ2) is 11.5. The Morgan fingerprint density at radius 1 is 1.09 bits per heavy atom. The molecular formula is C31H33ClN6O5. The number of carbonyl (C=O) groups excluding carboxylic acids is 2. The summed E-state index contributed by atoms with van der Waals surface area (Å²) in [5.74, 6) is 0.255. The molecule has 1 saturated heterocycles. The lowest BCUT2D eigenvalue weighted by Gasteiger charge is -2.33. The van der Waals surface area contributed by atoms with E-state index in [1.165, 1.54) is 11.1 Å². The standard InChI is InChI=1S/C31H33ClN6O5/c1-16-10-17(2)26(13-22(16)32)43-15-19(39)14-34-23-4-7-33-29(40)27(23)28-35-24-11-20-21(12-25(24)36-28)31(42)38(30(20)41)18-5-8-37(3)9-6-18/h4,7,10-13,18-19,39H,5-6,8-9,14-15H2,1-3H3,(H,35,36)(H2,33,34,40)/t19-/m1/s1. The molecule has 11 nitrogen and oxygen atoms in total. The molecule has 0 unspecified atom stereocenters. The van der Waals surface area contributed by atoms with Gasteiger partial charge in [0.1, 0.15) is 29.8 Å². The lowest BCUT2D eigenvalue weighted by molar-refractivity contribution is 0.0516. The van der Waals surface area contributed by atoms with E-state index in [0.717, 1.165) is 37.1 Å². The van der Waals surface area contributed by atoms with E-state index >= 15 is 0 Å². The molecule has 1 atom stereocenters. The van der Waals surface area contributed by atoms with E-state index in [4.69, 9.17) is 16.3 Å². The molecule has 0 aliphatic carbocycles. The average molecular weight is 605 g/mol. The quantitative estimate of drug-likeness (QED) is 0.223. The maximum absolute atomic E-state index is 13.3. The number of carbonyl (C=O) groups is 2. The van der Waals surface area contributed by atoms with Gasteiger partial charge in [-0.1, -0.05) is 17.7 Å². The third-order valence-electron chi connectivity index (χ3n) is 8.19. The summed E-state index contributed by atoms with van der Waals surface area (Å²) in [7, 11) is 2.03. The number of hydrogen-bond acceptors (Lipinski definition) is 8. The van der Waals surface area contributed by atoms with Crippen LogP contribution in [0.5, 0.6) is 5.75 Å². The molecule has 43 heavy (non-hydrogen) atoms. The third-order valence-corrected chi connectivity index (χ3v) is 8.59. The number of halogens is 1. The number of anilines is 1. The van der Waals surface area contributed by atoms with Gasteiger partial charge in [-0.15, -0.1) is 0 Å². The Morgan fingerprint density at radius 2 is 1.81 bits per heavy atom. The number of ether oxygens (including phenoxy) is 1. The van der Waals surface area contributed by atoms with Crippen molar-refractivity contribution in [2.75, 3.05) is 38.6 Å². The van der Waals surface area contributed by atoms with Crippen molar-refractivity contribution >= 4 is 40.1 Å². The SMILES string of the molecule is Cc1cc(C)c(OC[C@H](O)CNc2cc[nH]c(=O)c2-c2nc3cc4c(cc3[nH]2)C(=O)N(C2CCN(C)CC2)C4=O)cc1Cl. The number of benzene rings is 2. The van der Waals surface area contributed by atoms with Crippen molar-refractivity contribution in [3.8, 4) is 17.1 Å². The van der Waals surface area contributed by atoms with Gasteiger partial charge in [0, 0.05) is 23.8 Å². The van der Waals surface area contributed by atoms with Crippen LogP contribution in [0.2, 0.25) is 5.02 Å². The number of aromatic amines is 2. The molecule has 4 N–H and O–H groups in total. The number of imide groups is 1. The van der Waals surface area contributed by atoms with Crippen molar-refractivity contribution in [3.63, 3.8) is 0 Å². The zero-order chi connectivity index (χ0) is 30.4. The number of piperidine rings is 1. The molecule has 0 radical (unpaired) electrons. The monoisotopic (exact) mass is 604 g/mol. The van der Waals surface area contributed by atoms with Crippen molar-refractivity contribution in [2.24, 2.45) is 0 Å². The summed E-state index contributed by atoms with van der Waals surface area (Å²) in [6.45, 7) is 5.59. The topological polar surface area (TPSA) is 144 Å². The summed E-state index contributed by atoms with van der Waals surface area (Å²) >= 11 is 6.21. The van der Waals surface area contributed by atoms with Gasteiger partial charge < -0.3 is 30.0 Å². The van der Waals surface area contributed by atoms with Crippen LogP contribution in [0.4, 0.5) is 5.69 Å². The number of fused-ring (bicyclic) bond motifs is 2. The van der Waals surface area contributed by atoms with E-state index in [0.29, 0.717) is 38.6 Å². The maximum Gasteiger partial charge on any atom is 0.261 e. The Hall–Kier alpha value is -4.19. The minimum atomic E-state index is -0.894. The molecule has 4 heterocycles. The molecule has 0 saturated carbocycles. The van der Waals surface area contributed by atoms with Crippen LogP contribution in [0, 0.1) is 13.8 Å². The zero-order valence-corrected chi connectivity index (χ0v) is 24.9. The van der Waals surface area contributed by atoms with E-state index in [2.05, 4.69) is 25.2 Å². The van der Waals surface area contributed by atoms with E-state index in [1.54, 1.807) is 24.3 Å². The number of aromatic nitrogens is 3. The van der Waals surface area contributed by atoms with Crippen molar-refractivity contribution in [1.29, 1.82) is 0 Å². The highest BCUT2D eigenvalue weighted by atomic mass is 35.5. The number of imidazole rings is 1. The fraction of sp³-hybridized carbons (Fsp3) is 0.355. The number of aliphatic hydroxyl groups excluding tert-OH is 1. The van der Waals surface area contributed by atoms with Crippen LogP contribution in [0.25, 0.3) is 22.4 Å². The molecular weight excluding hydrogens is 572 g/mol. The molecule has 12 heteroatoms. The van der Waals surface area contributed by atoms with Crippen molar-refractivity contribution in [2.45, 2.75) is 38.8 Å². The van der Waals surface area contributed by atoms with Crippen LogP contribution in [0.3, 0.4) is 0 Å². The number of H-pyrrole nitrogens is 2. The number of amides is 2. The molecule has 2 aliphatic heterocycles. The lowest BCUT2D eigenvalue weighted by atomic mass is 10.0. The Labute approximate surface area is 252 Å². The summed E-state index contributed by atoms with van der Waals surface area (Å²) in [4.78, 5) is 53.6. The third kappa shape index (κ3) is 5.51. The number of nitrogens with zero attached hydrogens (tertiary/aromatic N) is 3. The summed E-state index contributed by atoms with van der Waals surface area (Å²) in [6.07, 6.45) is 2.10. The van der Waals surface area contributed by atoms with Gasteiger partial charge in [-0.3, -0.25) is 19.3 Å². The van der Waals surface area contributed by atoms with Crippen LogP contribution >= 0.6 is 11.6 Å². The Bertz CT molecular complexity index is 1740. The van der Waals surface area contributed by atoms with Crippen molar-refractivity contribution in [1.82, 2.24) is 24.8 Å². The van der Waals surface area contributed by atoms with E-state index in [1.807, 2.05) is 27.0 Å². The average Bonchev–Trinajstić information content (AvgIpc) is 3.49. The Balaban J connectivity index is 1.20. The molecule has 0 spiro atoms. The summed E-state index contributed by atoms with van der Waals surface area (Å²) in [6, 6.07) is 8.46. The first-order valence-electron chi connectivity index (χ1n) is 14.2. The molecule has 224 valence electrons. The largest absolute Gasteiger partial charge is 0.490 e. The minimum Gasteiger partial charge on any atom is -0.490 e. The number of pyridine rings is 1. The maximum atomic E-state index is 13.3. The van der Waals surface area contributed by atoms with Crippen LogP contribution < -0.4 is 15.6 Å². The van der Waals surface area contributed by atoms with Gasteiger partial charge in [0.2, 0.25) is 0 Å². The first-order chi connectivity index (χ1) is 20.6. The van der Waals surface area contributed by atoms with Crippen LogP contribution in [0.1, 0.15) is 44.7 Å². The highest BCUT2D eigenvalue weighted by Crippen LogP contribution is 2.33. The van der Waals surface area contributed by atoms with Crippen LogP contribution in [-0.2, 0) is 0 Å². The first-order valence-corrected chi connectivity index (χ1v) is 14.6. The van der Waals surface area contributed by atoms with Crippen LogP contribution in [0.15, 0.2) is 41.3 Å². The smallest absolute Gasteiger partial charge is 0.261 e. The fourth-order valence-corrected chi connectivity index (χ4v) is 5.92. The highest BCUT2D eigenvalue weighted by molar-refractivity contribution is 6.31. The first kappa shape index (κ1) is 28.9. The number of aliphatic hydroxyl groups is 1. The number of rotatable bonds is 8. The van der Waals surface area contributed by atoms with E-state index < -0.39 is 11.7 Å². The Kier molecular flexibility index (Phi) is 7.72. The predicted molar refractivity (Wildman–Crippen MR) is 164 cm³/mol. The minimum absolute atomic E-state index is 0.0125. The van der Waals surface area contributed by atoms with Gasteiger partial charge in [0.05, 0.1) is 27.8 Å². The van der Waals surface area contributed by atoms with Gasteiger partial charge in [0.25, 0.3) is 17.4 Å². The molecule has 2 aliphatic rings. The second-order valence-corrected chi connectivity index (χ2v) is 11.7. The molecule has 0 bridgehead atoms. The van der Waals surface area contributed by atoms with Gasteiger partial charge >= 0.3 is 0 Å². The predicted octanol–water partition coefficient (Wildman–Crippen LogP) is 3.73. The molecule has 2 aromatic carbocycles. The van der Waals surface area contributed by atoms with E-state index in [-0.39, 0.29) is 42.4 Å². The molecule has 2 aromatic heterocycles. The van der Waals surface area contributed by atoms with Crippen molar-refractivity contribution < 1.29 is 19.4 Å². The van der Waals surface area contributed by atoms with Crippen LogP contribution in [-0.4, -0.2) is 87.1 Å². The fourth-order valence-electron chi connectivity index (χ4n) is 5.76. The second-order valence-electron chi connectivity index (χ2n) is 11.3. The Morgan fingerprint density at radius 3 is 2.56 bits per heavy atom. The number of aryl methyl sites for hydroxylation is 2. The summed E-state index contributed by atoms with van der Waals surface area (Å²) < 4.78 is 5.79. The molecule has 6 rings (SSSR count). The highest BCUT2D eigenvalue weighted by Gasteiger charge is 2.41. The normalized spacial score (nSPS) is 16.6. The molecule has 1 fully saturated rings. The zero-order valence-electron chi connectivity index (χ0n) is 24.2. The van der Waals surface area contributed by atoms with E-state index in [9.17, 15) is 19.5 Å². The number of hydrogen-bond donors (Lipinski definition) is 4. The van der Waals surface area contributed by atoms with Gasteiger partial charge in [-0.2, -0.15) is 0 Å². The summed E-state index contributed by atoms with van der Waals surface area (Å²) in [5, 5.41) is 14.3. The summed E-state index contributed by atoms with van der Waals surface area (Å²) in [5.41, 5.74) is 3.80. The molecule has 4 aromatic rings.